The summed E-state index contributed by atoms with van der Waals surface area (Å²) >= 11 is 3.58. The lowest BCUT2D eigenvalue weighted by atomic mass is 9.77. The van der Waals surface area contributed by atoms with E-state index in [-0.39, 0.29) is 12.5 Å². The number of hydrogen-bond donors (Lipinski definition) is 1. The molecule has 3 aromatic carbocycles. The van der Waals surface area contributed by atoms with Crippen molar-refractivity contribution in [2.24, 2.45) is 5.92 Å². The Bertz CT molecular complexity index is 1240. The molecule has 3 aromatic rings. The molecule has 0 radical (unpaired) electrons. The lowest BCUT2D eigenvalue weighted by Gasteiger charge is -2.33. The van der Waals surface area contributed by atoms with Gasteiger partial charge in [0.1, 0.15) is 18.3 Å². The molecule has 0 aromatic heterocycles. The number of methoxy groups -OCH3 is 1. The number of esters is 1. The standard InChI is InChI=1S/C26H24BrNO5/c1-4-12-32-24-19(27)13-16(14-20(24)30-3)21-18-11-10-15-8-6-7-9-17(15)23(18)33-25(28)22(21)26(29)31-5-2/h4,6-11,13-14,21-22,28H,1,5,12H2,2-3H3. The molecule has 1 aliphatic heterocycles. The molecule has 0 saturated carbocycles. The van der Waals surface area contributed by atoms with Gasteiger partial charge in [-0.25, -0.2) is 0 Å². The van der Waals surface area contributed by atoms with Gasteiger partial charge in [0.05, 0.1) is 18.2 Å². The van der Waals surface area contributed by atoms with Crippen LogP contribution >= 0.6 is 15.9 Å². The summed E-state index contributed by atoms with van der Waals surface area (Å²) in [6, 6.07) is 15.5. The van der Waals surface area contributed by atoms with E-state index < -0.39 is 17.8 Å². The molecule has 1 aliphatic rings. The second kappa shape index (κ2) is 9.67. The zero-order valence-corrected chi connectivity index (χ0v) is 20.0. The minimum Gasteiger partial charge on any atom is -0.493 e. The Kier molecular flexibility index (Phi) is 6.70. The molecule has 0 bridgehead atoms. The molecule has 2 atom stereocenters. The van der Waals surface area contributed by atoms with Gasteiger partial charge in [0, 0.05) is 16.9 Å². The SMILES string of the molecule is C=CCOc1c(Br)cc(C2c3ccc4ccccc4c3OC(=N)C2C(=O)OCC)cc1OC. The number of benzene rings is 3. The van der Waals surface area contributed by atoms with Crippen LogP contribution in [-0.4, -0.2) is 32.2 Å². The molecular weight excluding hydrogens is 486 g/mol. The van der Waals surface area contributed by atoms with E-state index >= 15 is 0 Å². The predicted octanol–water partition coefficient (Wildman–Crippen LogP) is 5.86. The van der Waals surface area contributed by atoms with E-state index in [0.29, 0.717) is 28.3 Å². The lowest BCUT2D eigenvalue weighted by molar-refractivity contribution is -0.146. The first-order valence-electron chi connectivity index (χ1n) is 10.6. The number of hydrogen-bond acceptors (Lipinski definition) is 6. The van der Waals surface area contributed by atoms with Crippen LogP contribution < -0.4 is 14.2 Å². The topological polar surface area (TPSA) is 77.8 Å². The van der Waals surface area contributed by atoms with Crippen molar-refractivity contribution in [1.29, 1.82) is 5.41 Å². The van der Waals surface area contributed by atoms with Gasteiger partial charge in [0.15, 0.2) is 11.5 Å². The molecule has 0 aliphatic carbocycles. The van der Waals surface area contributed by atoms with Gasteiger partial charge < -0.3 is 18.9 Å². The second-order valence-electron chi connectivity index (χ2n) is 7.51. The maximum absolute atomic E-state index is 13.0. The van der Waals surface area contributed by atoms with E-state index in [4.69, 9.17) is 24.4 Å². The molecule has 4 rings (SSSR count). The van der Waals surface area contributed by atoms with Crippen LogP contribution in [0, 0.1) is 11.3 Å². The van der Waals surface area contributed by atoms with Crippen LogP contribution in [0.1, 0.15) is 24.0 Å². The molecule has 170 valence electrons. The fraction of sp³-hybridized carbons (Fsp3) is 0.231. The van der Waals surface area contributed by atoms with Gasteiger partial charge in [-0.15, -0.1) is 0 Å². The summed E-state index contributed by atoms with van der Waals surface area (Å²) in [6.45, 7) is 5.96. The first kappa shape index (κ1) is 22.9. The summed E-state index contributed by atoms with van der Waals surface area (Å²) in [6.07, 6.45) is 1.65. The van der Waals surface area contributed by atoms with Crippen molar-refractivity contribution in [2.75, 3.05) is 20.3 Å². The van der Waals surface area contributed by atoms with Gasteiger partial charge in [-0.1, -0.05) is 49.1 Å². The van der Waals surface area contributed by atoms with Gasteiger partial charge in [-0.05, 0) is 45.9 Å². The van der Waals surface area contributed by atoms with E-state index in [2.05, 4.69) is 22.5 Å². The Labute approximate surface area is 200 Å². The van der Waals surface area contributed by atoms with Crippen molar-refractivity contribution in [1.82, 2.24) is 0 Å². The zero-order valence-electron chi connectivity index (χ0n) is 18.4. The number of halogens is 1. The third-order valence-corrected chi connectivity index (χ3v) is 6.16. The van der Waals surface area contributed by atoms with Crippen LogP contribution in [-0.2, 0) is 9.53 Å². The fourth-order valence-electron chi connectivity index (χ4n) is 4.17. The van der Waals surface area contributed by atoms with Crippen LogP contribution in [0.15, 0.2) is 65.7 Å². The molecule has 7 heteroatoms. The summed E-state index contributed by atoms with van der Waals surface area (Å²) in [5, 5.41) is 10.5. The van der Waals surface area contributed by atoms with Crippen molar-refractivity contribution >= 4 is 38.6 Å². The average molecular weight is 510 g/mol. The van der Waals surface area contributed by atoms with Crippen molar-refractivity contribution < 1.29 is 23.7 Å². The fourth-order valence-corrected chi connectivity index (χ4v) is 4.75. The highest BCUT2D eigenvalue weighted by Crippen LogP contribution is 2.48. The van der Waals surface area contributed by atoms with Crippen molar-refractivity contribution in [3.63, 3.8) is 0 Å². The predicted molar refractivity (Wildman–Crippen MR) is 131 cm³/mol. The number of rotatable bonds is 7. The lowest BCUT2D eigenvalue weighted by Crippen LogP contribution is -2.38. The third kappa shape index (κ3) is 4.20. The summed E-state index contributed by atoms with van der Waals surface area (Å²) in [5.41, 5.74) is 1.57. The number of nitrogens with one attached hydrogen (secondary N) is 1. The van der Waals surface area contributed by atoms with Crippen molar-refractivity contribution in [3.8, 4) is 17.2 Å². The number of fused-ring (bicyclic) bond motifs is 3. The Balaban J connectivity index is 1.94. The Morgan fingerprint density at radius 2 is 2.03 bits per heavy atom. The molecule has 33 heavy (non-hydrogen) atoms. The van der Waals surface area contributed by atoms with Crippen LogP contribution in [0.3, 0.4) is 0 Å². The smallest absolute Gasteiger partial charge is 0.319 e. The molecule has 1 N–H and O–H groups in total. The third-order valence-electron chi connectivity index (χ3n) is 5.57. The molecule has 2 unspecified atom stereocenters. The van der Waals surface area contributed by atoms with Gasteiger partial charge in [-0.2, -0.15) is 0 Å². The first-order valence-corrected chi connectivity index (χ1v) is 11.3. The van der Waals surface area contributed by atoms with E-state index in [0.717, 1.165) is 21.9 Å². The molecule has 0 fully saturated rings. The van der Waals surface area contributed by atoms with E-state index in [1.54, 1.807) is 20.1 Å². The van der Waals surface area contributed by atoms with Crippen LogP contribution in [0.2, 0.25) is 0 Å². The second-order valence-corrected chi connectivity index (χ2v) is 8.37. The quantitative estimate of drug-likeness (QED) is 0.319. The van der Waals surface area contributed by atoms with E-state index in [1.165, 1.54) is 0 Å². The number of carbonyl (C=O) groups excluding carboxylic acids is 1. The minimum absolute atomic E-state index is 0.149. The highest BCUT2D eigenvalue weighted by atomic mass is 79.9. The molecule has 0 saturated heterocycles. The molecule has 6 nitrogen and oxygen atoms in total. The van der Waals surface area contributed by atoms with Crippen molar-refractivity contribution in [3.05, 3.63) is 76.8 Å². The maximum Gasteiger partial charge on any atom is 0.319 e. The molecular formula is C26H24BrNO5. The van der Waals surface area contributed by atoms with Crippen LogP contribution in [0.4, 0.5) is 0 Å². The summed E-state index contributed by atoms with van der Waals surface area (Å²) in [5.74, 6) is -0.485. The van der Waals surface area contributed by atoms with E-state index in [9.17, 15) is 4.79 Å². The largest absolute Gasteiger partial charge is 0.493 e. The Hall–Kier alpha value is -3.32. The minimum atomic E-state index is -0.935. The normalized spacial score (nSPS) is 17.1. The van der Waals surface area contributed by atoms with Gasteiger partial charge in [0.25, 0.3) is 0 Å². The van der Waals surface area contributed by atoms with E-state index in [1.807, 2.05) is 48.5 Å². The summed E-state index contributed by atoms with van der Waals surface area (Å²) in [4.78, 5) is 13.0. The summed E-state index contributed by atoms with van der Waals surface area (Å²) in [7, 11) is 1.56. The maximum atomic E-state index is 13.0. The molecule has 0 spiro atoms. The highest BCUT2D eigenvalue weighted by Gasteiger charge is 2.43. The van der Waals surface area contributed by atoms with Crippen LogP contribution in [0.25, 0.3) is 10.8 Å². The number of ether oxygens (including phenoxy) is 4. The molecule has 0 amide bonds. The van der Waals surface area contributed by atoms with Crippen molar-refractivity contribution in [2.45, 2.75) is 12.8 Å². The van der Waals surface area contributed by atoms with Gasteiger partial charge >= 0.3 is 5.97 Å². The highest BCUT2D eigenvalue weighted by molar-refractivity contribution is 9.10. The average Bonchev–Trinajstić information content (AvgIpc) is 2.82. The first-order chi connectivity index (χ1) is 16.0. The molecule has 1 heterocycles. The van der Waals surface area contributed by atoms with Gasteiger partial charge in [0.2, 0.25) is 5.90 Å². The summed E-state index contributed by atoms with van der Waals surface area (Å²) < 4.78 is 23.3. The zero-order chi connectivity index (χ0) is 23.5. The number of carbonyl (C=O) groups is 1. The Morgan fingerprint density at radius 1 is 1.24 bits per heavy atom. The van der Waals surface area contributed by atoms with Crippen LogP contribution in [0.5, 0.6) is 17.2 Å². The monoisotopic (exact) mass is 509 g/mol. The van der Waals surface area contributed by atoms with Gasteiger partial charge in [-0.3, -0.25) is 10.2 Å². The Morgan fingerprint density at radius 3 is 2.76 bits per heavy atom.